The highest BCUT2D eigenvalue weighted by atomic mass is 19.5. The quantitative estimate of drug-likeness (QED) is 0.0566. The number of hydrogen-bond donors (Lipinski definition) is 0. The first-order valence-corrected chi connectivity index (χ1v) is 15.7. The van der Waals surface area contributed by atoms with Gasteiger partial charge in [-0.3, -0.25) is 0 Å². The lowest BCUT2D eigenvalue weighted by Crippen LogP contribution is -2.04. The van der Waals surface area contributed by atoms with Gasteiger partial charge in [-0.15, -0.1) is 0 Å². The highest BCUT2D eigenvalue weighted by Gasteiger charge is 2.22. The van der Waals surface area contributed by atoms with Gasteiger partial charge in [0.05, 0.1) is 5.56 Å². The number of halogens is 5. The van der Waals surface area contributed by atoms with Crippen LogP contribution in [0.5, 0.6) is 0 Å². The molecular weight excluding hydrogens is 506 g/mol. The van der Waals surface area contributed by atoms with E-state index in [0.717, 1.165) is 6.42 Å². The fourth-order valence-electron chi connectivity index (χ4n) is 5.11. The van der Waals surface area contributed by atoms with E-state index in [4.69, 9.17) is 5.39 Å². The Balaban J connectivity index is 0.00000263. The van der Waals surface area contributed by atoms with E-state index < -0.39 is 13.4 Å². The lowest BCUT2D eigenvalue weighted by atomic mass is 9.89. The van der Waals surface area contributed by atoms with Gasteiger partial charge >= 0.3 is 12.9 Å². The number of rotatable bonds is 23. The number of diazo groups is 1. The molecule has 1 aromatic rings. The normalized spacial score (nSPS) is 12.9. The molecule has 39 heavy (non-hydrogen) atoms. The Morgan fingerprint density at radius 2 is 1.03 bits per heavy atom. The molecule has 2 atom stereocenters. The van der Waals surface area contributed by atoms with Crippen molar-refractivity contribution < 1.29 is 21.7 Å². The zero-order valence-electron chi connectivity index (χ0n) is 24.7. The van der Waals surface area contributed by atoms with Crippen LogP contribution in [0.3, 0.4) is 0 Å². The van der Waals surface area contributed by atoms with Crippen LogP contribution in [0.1, 0.15) is 160 Å². The molecule has 0 saturated heterocycles. The van der Waals surface area contributed by atoms with Gasteiger partial charge in [0.1, 0.15) is 6.17 Å². The zero-order chi connectivity index (χ0) is 29.2. The van der Waals surface area contributed by atoms with Crippen molar-refractivity contribution >= 4 is 12.9 Å². The molecule has 8 heteroatoms. The van der Waals surface area contributed by atoms with Gasteiger partial charge in [-0.1, -0.05) is 148 Å². The topological polar surface area (TPSA) is 28.1 Å². The molecule has 0 bridgehead atoms. The molecule has 0 spiro atoms. The van der Waals surface area contributed by atoms with Gasteiger partial charge in [0.2, 0.25) is 5.39 Å². The van der Waals surface area contributed by atoms with E-state index in [-0.39, 0.29) is 0 Å². The molecule has 1 rings (SSSR count). The van der Waals surface area contributed by atoms with Crippen molar-refractivity contribution in [1.82, 2.24) is 0 Å². The fourth-order valence-corrected chi connectivity index (χ4v) is 5.11. The monoisotopic (exact) mass is 560 g/mol. The van der Waals surface area contributed by atoms with Crippen molar-refractivity contribution in [3.63, 3.8) is 0 Å². The van der Waals surface area contributed by atoms with Gasteiger partial charge in [-0.2, -0.15) is 0 Å². The molecule has 0 saturated carbocycles. The van der Waals surface area contributed by atoms with Gasteiger partial charge in [0, 0.05) is 6.07 Å². The standard InChI is InChI=1S/C31H54FN2.BF4/c1-3-5-7-8-9-10-11-12-13-14-15-16-17-18-19-23-28(22-6-4-2)26-27-30(32)29-24-20-21-25-31(29)34-33;2-1(3,4)5/h20-21,24-25,28,30H,3-19,22-23,26-27H2,1-2H3;/q+1;-1. The van der Waals surface area contributed by atoms with E-state index in [1.165, 1.54) is 122 Å². The number of benzene rings is 1. The number of hydrogen-bond acceptors (Lipinski definition) is 1. The summed E-state index contributed by atoms with van der Waals surface area (Å²) in [6, 6.07) is 7.02. The first-order chi connectivity index (χ1) is 18.7. The van der Waals surface area contributed by atoms with Crippen LogP contribution in [-0.2, 0) is 0 Å². The van der Waals surface area contributed by atoms with Crippen LogP contribution in [0.25, 0.3) is 4.98 Å². The smallest absolute Gasteiger partial charge is 0.418 e. The third kappa shape index (κ3) is 25.1. The SMILES string of the molecule is CCCCCCCCCCCCCCCCCC(CCCC)CCC(F)c1ccccc1[N+]#N.F[B-](F)(F)F. The van der Waals surface area contributed by atoms with Crippen LogP contribution in [-0.4, -0.2) is 7.25 Å². The molecule has 0 N–H and O–H groups in total. The van der Waals surface area contributed by atoms with Gasteiger partial charge in [0.15, 0.2) is 4.98 Å². The molecule has 0 aliphatic carbocycles. The van der Waals surface area contributed by atoms with E-state index >= 15 is 0 Å². The first-order valence-electron chi connectivity index (χ1n) is 15.7. The second kappa shape index (κ2) is 25.3. The lowest BCUT2D eigenvalue weighted by molar-refractivity contribution is 0.278. The highest BCUT2D eigenvalue weighted by Crippen LogP contribution is 2.34. The molecule has 0 aliphatic rings. The maximum Gasteiger partial charge on any atom is 0.673 e. The van der Waals surface area contributed by atoms with E-state index in [1.807, 2.05) is 6.07 Å². The minimum Gasteiger partial charge on any atom is -0.418 e. The molecular formula is C31H54BF5N2. The van der Waals surface area contributed by atoms with E-state index in [0.29, 0.717) is 23.6 Å². The van der Waals surface area contributed by atoms with Crippen molar-refractivity contribution in [1.29, 1.82) is 5.39 Å². The number of alkyl halides is 1. The van der Waals surface area contributed by atoms with Crippen molar-refractivity contribution in [3.05, 3.63) is 34.8 Å². The molecule has 0 fully saturated rings. The maximum atomic E-state index is 14.8. The van der Waals surface area contributed by atoms with E-state index in [2.05, 4.69) is 18.8 Å². The molecule has 2 nitrogen and oxygen atoms in total. The van der Waals surface area contributed by atoms with Crippen molar-refractivity contribution in [3.8, 4) is 0 Å². The van der Waals surface area contributed by atoms with Crippen LogP contribution in [0.15, 0.2) is 24.3 Å². The van der Waals surface area contributed by atoms with Gasteiger partial charge < -0.3 is 17.3 Å². The van der Waals surface area contributed by atoms with Crippen LogP contribution < -0.4 is 0 Å². The van der Waals surface area contributed by atoms with Gasteiger partial charge in [0.25, 0.3) is 0 Å². The highest BCUT2D eigenvalue weighted by molar-refractivity contribution is 6.50. The molecule has 0 heterocycles. The molecule has 0 amide bonds. The first kappa shape index (κ1) is 37.4. The lowest BCUT2D eigenvalue weighted by Gasteiger charge is -2.18. The van der Waals surface area contributed by atoms with Gasteiger partial charge in [-0.05, 0) is 24.8 Å². The van der Waals surface area contributed by atoms with Crippen LogP contribution in [0.4, 0.5) is 27.3 Å². The van der Waals surface area contributed by atoms with Gasteiger partial charge in [-0.25, -0.2) is 4.39 Å². The van der Waals surface area contributed by atoms with Crippen molar-refractivity contribution in [2.24, 2.45) is 5.92 Å². The van der Waals surface area contributed by atoms with E-state index in [1.54, 1.807) is 18.2 Å². The van der Waals surface area contributed by atoms with E-state index in [9.17, 15) is 21.7 Å². The molecule has 0 aromatic heterocycles. The zero-order valence-corrected chi connectivity index (χ0v) is 24.7. The van der Waals surface area contributed by atoms with Crippen molar-refractivity contribution in [2.45, 2.75) is 155 Å². The molecule has 226 valence electrons. The summed E-state index contributed by atoms with van der Waals surface area (Å²) in [7, 11) is -6.00. The predicted octanol–water partition coefficient (Wildman–Crippen LogP) is 13.3. The Bertz CT molecular complexity index is 718. The van der Waals surface area contributed by atoms with Crippen LogP contribution in [0, 0.1) is 11.3 Å². The van der Waals surface area contributed by atoms with Crippen LogP contribution in [0.2, 0.25) is 0 Å². The number of nitrogens with zero attached hydrogens (tertiary/aromatic N) is 2. The summed E-state index contributed by atoms with van der Waals surface area (Å²) in [6.07, 6.45) is 26.3. The predicted molar refractivity (Wildman–Crippen MR) is 157 cm³/mol. The Hall–Kier alpha value is -1.65. The largest absolute Gasteiger partial charge is 0.673 e. The third-order valence-electron chi connectivity index (χ3n) is 7.39. The summed E-state index contributed by atoms with van der Waals surface area (Å²) < 4.78 is 53.8. The second-order valence-electron chi connectivity index (χ2n) is 10.9. The number of unbranched alkanes of at least 4 members (excludes halogenated alkanes) is 15. The molecule has 0 aliphatic heterocycles. The summed E-state index contributed by atoms with van der Waals surface area (Å²) in [5.41, 5.74) is 0.883. The minimum absolute atomic E-state index is 0.363. The third-order valence-corrected chi connectivity index (χ3v) is 7.39. The van der Waals surface area contributed by atoms with Crippen LogP contribution >= 0.6 is 0 Å². The summed E-state index contributed by atoms with van der Waals surface area (Å²) >= 11 is 0. The fraction of sp³-hybridized carbons (Fsp3) is 0.806. The Morgan fingerprint density at radius 1 is 0.615 bits per heavy atom. The summed E-state index contributed by atoms with van der Waals surface area (Å²) in [4.78, 5) is 3.25. The Morgan fingerprint density at radius 3 is 1.49 bits per heavy atom. The molecule has 1 aromatic carbocycles. The summed E-state index contributed by atoms with van der Waals surface area (Å²) in [6.45, 7) is 4.52. The average Bonchev–Trinajstić information content (AvgIpc) is 2.90. The Labute approximate surface area is 235 Å². The molecule has 0 radical (unpaired) electrons. The summed E-state index contributed by atoms with van der Waals surface area (Å²) in [5, 5.41) is 9.12. The minimum atomic E-state index is -6.00. The molecule has 2 unspecified atom stereocenters. The maximum absolute atomic E-state index is 14.8. The summed E-state index contributed by atoms with van der Waals surface area (Å²) in [5.74, 6) is 0.624. The van der Waals surface area contributed by atoms with Crippen molar-refractivity contribution in [2.75, 3.05) is 0 Å². The average molecular weight is 561 g/mol. The Kier molecular flexibility index (Phi) is 24.3. The second-order valence-corrected chi connectivity index (χ2v) is 10.9.